The number of aromatic amines is 1. The van der Waals surface area contributed by atoms with Gasteiger partial charge in [-0.1, -0.05) is 36.5 Å². The standard InChI is InChI=1S/C13H13Cl2NO2/c1-2-3-4-8-12(17)7-5-6-9(14)10(15)11(7)16-13(8)18/h5-6H,2-4H2,1H3,(H2,16,17,18). The molecule has 0 aliphatic rings. The second-order valence-corrected chi connectivity index (χ2v) is 4.95. The largest absolute Gasteiger partial charge is 0.507 e. The van der Waals surface area contributed by atoms with Crippen LogP contribution in [0.15, 0.2) is 16.9 Å². The highest BCUT2D eigenvalue weighted by Gasteiger charge is 2.14. The van der Waals surface area contributed by atoms with Crippen LogP contribution < -0.4 is 5.56 Å². The van der Waals surface area contributed by atoms with Gasteiger partial charge in [0.2, 0.25) is 0 Å². The number of benzene rings is 1. The Hall–Kier alpha value is -1.19. The molecule has 0 spiro atoms. The van der Waals surface area contributed by atoms with E-state index in [0.717, 1.165) is 12.8 Å². The van der Waals surface area contributed by atoms with Crippen LogP contribution in [-0.2, 0) is 6.42 Å². The van der Waals surface area contributed by atoms with E-state index in [-0.39, 0.29) is 16.3 Å². The Morgan fingerprint density at radius 1 is 1.33 bits per heavy atom. The van der Waals surface area contributed by atoms with Gasteiger partial charge in [0.05, 0.1) is 21.1 Å². The molecular weight excluding hydrogens is 273 g/mol. The maximum Gasteiger partial charge on any atom is 0.255 e. The Morgan fingerprint density at radius 3 is 2.72 bits per heavy atom. The normalized spacial score (nSPS) is 11.1. The highest BCUT2D eigenvalue weighted by molar-refractivity contribution is 6.45. The van der Waals surface area contributed by atoms with Crippen LogP contribution in [0.1, 0.15) is 25.3 Å². The lowest BCUT2D eigenvalue weighted by molar-refractivity contribution is 0.471. The highest BCUT2D eigenvalue weighted by Crippen LogP contribution is 2.34. The summed E-state index contributed by atoms with van der Waals surface area (Å²) in [4.78, 5) is 14.6. The monoisotopic (exact) mass is 285 g/mol. The van der Waals surface area contributed by atoms with Gasteiger partial charge in [0.1, 0.15) is 5.75 Å². The molecule has 0 fully saturated rings. The van der Waals surface area contributed by atoms with Crippen LogP contribution in [0.5, 0.6) is 5.75 Å². The summed E-state index contributed by atoms with van der Waals surface area (Å²) in [5, 5.41) is 11.3. The summed E-state index contributed by atoms with van der Waals surface area (Å²) in [5.41, 5.74) is 0.479. The van der Waals surface area contributed by atoms with Crippen molar-refractivity contribution in [3.8, 4) is 5.75 Å². The number of hydrogen-bond donors (Lipinski definition) is 2. The fourth-order valence-corrected chi connectivity index (χ4v) is 2.28. The predicted molar refractivity (Wildman–Crippen MR) is 74.9 cm³/mol. The molecule has 0 bridgehead atoms. The van der Waals surface area contributed by atoms with E-state index in [1.165, 1.54) is 0 Å². The Morgan fingerprint density at radius 2 is 2.06 bits per heavy atom. The van der Waals surface area contributed by atoms with Crippen LogP contribution in [-0.4, -0.2) is 10.1 Å². The van der Waals surface area contributed by atoms with Crippen LogP contribution in [0.4, 0.5) is 0 Å². The number of hydrogen-bond acceptors (Lipinski definition) is 2. The van der Waals surface area contributed by atoms with E-state index in [1.54, 1.807) is 12.1 Å². The average molecular weight is 286 g/mol. The quantitative estimate of drug-likeness (QED) is 0.899. The summed E-state index contributed by atoms with van der Waals surface area (Å²) in [5.74, 6) is 0.000710. The van der Waals surface area contributed by atoms with Crippen molar-refractivity contribution in [1.29, 1.82) is 0 Å². The number of H-pyrrole nitrogens is 1. The van der Waals surface area contributed by atoms with Gasteiger partial charge < -0.3 is 10.1 Å². The molecule has 1 aromatic carbocycles. The first-order valence-corrected chi connectivity index (χ1v) is 6.53. The molecule has 0 unspecified atom stereocenters. The Labute approximate surface area is 114 Å². The number of rotatable bonds is 3. The van der Waals surface area contributed by atoms with Gasteiger partial charge >= 0.3 is 0 Å². The van der Waals surface area contributed by atoms with E-state index < -0.39 is 0 Å². The lowest BCUT2D eigenvalue weighted by Gasteiger charge is -2.08. The molecule has 0 saturated carbocycles. The van der Waals surface area contributed by atoms with Gasteiger partial charge in [-0.15, -0.1) is 0 Å². The van der Waals surface area contributed by atoms with Gasteiger partial charge in [-0.3, -0.25) is 4.79 Å². The molecular formula is C13H13Cl2NO2. The van der Waals surface area contributed by atoms with Crippen molar-refractivity contribution in [3.05, 3.63) is 38.1 Å². The van der Waals surface area contributed by atoms with Crippen LogP contribution in [0.2, 0.25) is 10.0 Å². The van der Waals surface area contributed by atoms with Crippen molar-refractivity contribution in [2.75, 3.05) is 0 Å². The minimum Gasteiger partial charge on any atom is -0.507 e. The lowest BCUT2D eigenvalue weighted by atomic mass is 10.1. The zero-order valence-electron chi connectivity index (χ0n) is 9.89. The second kappa shape index (κ2) is 5.21. The molecule has 2 rings (SSSR count). The molecule has 2 aromatic rings. The van der Waals surface area contributed by atoms with Crippen LogP contribution >= 0.6 is 23.2 Å². The number of nitrogens with one attached hydrogen (secondary N) is 1. The Bertz CT molecular complexity index is 649. The molecule has 0 aliphatic carbocycles. The molecule has 0 aliphatic heterocycles. The van der Waals surface area contributed by atoms with Gasteiger partial charge in [-0.25, -0.2) is 0 Å². The third kappa shape index (κ3) is 2.20. The van der Waals surface area contributed by atoms with E-state index in [0.29, 0.717) is 27.9 Å². The first-order chi connectivity index (χ1) is 8.56. The molecule has 5 heteroatoms. The first-order valence-electron chi connectivity index (χ1n) is 5.78. The fraction of sp³-hybridized carbons (Fsp3) is 0.308. The summed E-state index contributed by atoms with van der Waals surface area (Å²) in [6, 6.07) is 3.26. The van der Waals surface area contributed by atoms with Crippen molar-refractivity contribution in [1.82, 2.24) is 4.98 Å². The summed E-state index contributed by atoms with van der Waals surface area (Å²) in [7, 11) is 0. The second-order valence-electron chi connectivity index (χ2n) is 4.17. The first kappa shape index (κ1) is 13.2. The number of unbranched alkanes of at least 4 members (excludes halogenated alkanes) is 1. The molecule has 3 nitrogen and oxygen atoms in total. The molecule has 18 heavy (non-hydrogen) atoms. The predicted octanol–water partition coefficient (Wildman–Crippen LogP) is 3.88. The molecule has 0 amide bonds. The topological polar surface area (TPSA) is 53.1 Å². The highest BCUT2D eigenvalue weighted by atomic mass is 35.5. The maximum atomic E-state index is 11.9. The molecule has 0 saturated heterocycles. The van der Waals surface area contributed by atoms with Crippen LogP contribution in [0, 0.1) is 0 Å². The summed E-state index contributed by atoms with van der Waals surface area (Å²) in [6.45, 7) is 2.03. The summed E-state index contributed by atoms with van der Waals surface area (Å²) < 4.78 is 0. The number of halogens is 2. The van der Waals surface area contributed by atoms with Gasteiger partial charge in [0.25, 0.3) is 5.56 Å². The molecule has 1 heterocycles. The van der Waals surface area contributed by atoms with E-state index in [9.17, 15) is 9.90 Å². The molecule has 96 valence electrons. The van der Waals surface area contributed by atoms with Crippen molar-refractivity contribution < 1.29 is 5.11 Å². The van der Waals surface area contributed by atoms with E-state index in [4.69, 9.17) is 23.2 Å². The maximum absolute atomic E-state index is 11.9. The Kier molecular flexibility index (Phi) is 3.83. The molecule has 2 N–H and O–H groups in total. The number of pyridine rings is 1. The number of fused-ring (bicyclic) bond motifs is 1. The van der Waals surface area contributed by atoms with Crippen molar-refractivity contribution in [2.45, 2.75) is 26.2 Å². The smallest absolute Gasteiger partial charge is 0.255 e. The van der Waals surface area contributed by atoms with E-state index >= 15 is 0 Å². The third-order valence-electron chi connectivity index (χ3n) is 2.93. The average Bonchev–Trinajstić information content (AvgIpc) is 2.34. The van der Waals surface area contributed by atoms with Gasteiger partial charge in [0.15, 0.2) is 0 Å². The van der Waals surface area contributed by atoms with Crippen molar-refractivity contribution >= 4 is 34.1 Å². The van der Waals surface area contributed by atoms with E-state index in [2.05, 4.69) is 4.98 Å². The van der Waals surface area contributed by atoms with Crippen LogP contribution in [0.25, 0.3) is 10.9 Å². The zero-order chi connectivity index (χ0) is 13.3. The zero-order valence-corrected chi connectivity index (χ0v) is 11.4. The minimum absolute atomic E-state index is 0.000710. The SMILES string of the molecule is CCCCc1c(O)c2ccc(Cl)c(Cl)c2[nH]c1=O. The minimum atomic E-state index is -0.308. The molecule has 1 aromatic heterocycles. The third-order valence-corrected chi connectivity index (χ3v) is 3.73. The number of aromatic hydroxyl groups is 1. The molecule has 0 radical (unpaired) electrons. The van der Waals surface area contributed by atoms with Gasteiger partial charge in [0, 0.05) is 5.39 Å². The van der Waals surface area contributed by atoms with Gasteiger partial charge in [-0.05, 0) is 25.0 Å². The lowest BCUT2D eigenvalue weighted by Crippen LogP contribution is -2.13. The Balaban J connectivity index is 2.71. The number of aromatic nitrogens is 1. The molecule has 0 atom stereocenters. The van der Waals surface area contributed by atoms with Crippen molar-refractivity contribution in [2.24, 2.45) is 0 Å². The van der Waals surface area contributed by atoms with Crippen LogP contribution in [0.3, 0.4) is 0 Å². The van der Waals surface area contributed by atoms with Gasteiger partial charge in [-0.2, -0.15) is 0 Å². The summed E-state index contributed by atoms with van der Waals surface area (Å²) in [6.07, 6.45) is 2.36. The van der Waals surface area contributed by atoms with Crippen molar-refractivity contribution in [3.63, 3.8) is 0 Å². The summed E-state index contributed by atoms with van der Waals surface area (Å²) >= 11 is 11.9. The fourth-order valence-electron chi connectivity index (χ4n) is 1.91. The van der Waals surface area contributed by atoms with E-state index in [1.807, 2.05) is 6.92 Å².